The van der Waals surface area contributed by atoms with Gasteiger partial charge in [0.05, 0.1) is 5.56 Å². The first kappa shape index (κ1) is 12.0. The van der Waals surface area contributed by atoms with E-state index in [1.165, 1.54) is 12.1 Å². The van der Waals surface area contributed by atoms with Gasteiger partial charge in [-0.25, -0.2) is 0 Å². The molecule has 92 valence electrons. The van der Waals surface area contributed by atoms with Crippen LogP contribution in [0.3, 0.4) is 0 Å². The summed E-state index contributed by atoms with van der Waals surface area (Å²) in [5, 5.41) is 0. The molecule has 0 aromatic heterocycles. The number of halogens is 3. The van der Waals surface area contributed by atoms with Crippen LogP contribution in [0.25, 0.3) is 0 Å². The molecule has 5 heteroatoms. The zero-order valence-electron chi connectivity index (χ0n) is 9.29. The zero-order chi connectivity index (χ0) is 12.6. The van der Waals surface area contributed by atoms with Crippen LogP contribution in [0.2, 0.25) is 0 Å². The molecule has 1 aliphatic heterocycles. The molecule has 0 spiro atoms. The van der Waals surface area contributed by atoms with Crippen molar-refractivity contribution in [2.45, 2.75) is 18.5 Å². The lowest BCUT2D eigenvalue weighted by Gasteiger charge is -2.12. The quantitative estimate of drug-likeness (QED) is 0.742. The topological polar surface area (TPSA) is 20.3 Å². The molecule has 0 saturated carbocycles. The first-order valence-corrected chi connectivity index (χ1v) is 5.29. The van der Waals surface area contributed by atoms with Gasteiger partial charge >= 0.3 is 6.18 Å². The van der Waals surface area contributed by atoms with Gasteiger partial charge in [-0.2, -0.15) is 13.2 Å². The lowest BCUT2D eigenvalue weighted by molar-refractivity contribution is -0.137. The monoisotopic (exact) mass is 243 g/mol. The minimum atomic E-state index is -4.30. The van der Waals surface area contributed by atoms with Crippen LogP contribution in [0, 0.1) is 0 Å². The maximum absolute atomic E-state index is 12.4. The number of carbonyl (C=O) groups is 1. The van der Waals surface area contributed by atoms with Crippen molar-refractivity contribution in [3.05, 3.63) is 35.4 Å². The van der Waals surface area contributed by atoms with Crippen LogP contribution in [0.1, 0.15) is 23.5 Å². The molecule has 17 heavy (non-hydrogen) atoms. The smallest absolute Gasteiger partial charge is 0.345 e. The normalized spacial score (nSPS) is 21.1. The number of carbonyl (C=O) groups excluding carboxylic acids is 1. The Hall–Kier alpha value is -1.52. The first-order valence-electron chi connectivity index (χ1n) is 5.29. The third kappa shape index (κ3) is 2.43. The van der Waals surface area contributed by atoms with Crippen LogP contribution in [-0.2, 0) is 11.0 Å². The van der Waals surface area contributed by atoms with Gasteiger partial charge in [0.15, 0.2) is 0 Å². The molecular weight excluding hydrogens is 231 g/mol. The molecule has 1 saturated heterocycles. The summed E-state index contributed by atoms with van der Waals surface area (Å²) in [5.41, 5.74) is 0.134. The zero-order valence-corrected chi connectivity index (χ0v) is 9.29. The fourth-order valence-corrected chi connectivity index (χ4v) is 2.03. The molecule has 0 aliphatic carbocycles. The Balaban J connectivity index is 2.17. The molecule has 1 atom stereocenters. The summed E-state index contributed by atoms with van der Waals surface area (Å²) in [6, 6.07) is 5.05. The Labute approximate surface area is 97.0 Å². The van der Waals surface area contributed by atoms with Crippen molar-refractivity contribution in [3.63, 3.8) is 0 Å². The Bertz CT molecular complexity index is 424. The average molecular weight is 243 g/mol. The Morgan fingerprint density at radius 2 is 1.82 bits per heavy atom. The van der Waals surface area contributed by atoms with Gasteiger partial charge in [0.2, 0.25) is 5.91 Å². The number of hydrogen-bond acceptors (Lipinski definition) is 1. The predicted octanol–water partition coefficient (Wildman–Crippen LogP) is 2.65. The second kappa shape index (κ2) is 4.05. The number of hydrogen-bond donors (Lipinski definition) is 0. The van der Waals surface area contributed by atoms with Crippen molar-refractivity contribution >= 4 is 5.91 Å². The number of nitrogens with zero attached hydrogens (tertiary/aromatic N) is 1. The maximum Gasteiger partial charge on any atom is 0.416 e. The average Bonchev–Trinajstić information content (AvgIpc) is 2.58. The van der Waals surface area contributed by atoms with E-state index in [2.05, 4.69) is 0 Å². The van der Waals surface area contributed by atoms with Crippen molar-refractivity contribution in [3.8, 4) is 0 Å². The number of alkyl halides is 3. The van der Waals surface area contributed by atoms with Gasteiger partial charge in [0, 0.05) is 25.9 Å². The second-order valence-corrected chi connectivity index (χ2v) is 4.30. The summed E-state index contributed by atoms with van der Waals surface area (Å²) in [7, 11) is 1.70. The van der Waals surface area contributed by atoms with E-state index in [4.69, 9.17) is 0 Å². The van der Waals surface area contributed by atoms with Gasteiger partial charge in [-0.3, -0.25) is 4.79 Å². The van der Waals surface area contributed by atoms with E-state index in [-0.39, 0.29) is 11.8 Å². The minimum absolute atomic E-state index is 0.00906. The van der Waals surface area contributed by atoms with E-state index in [9.17, 15) is 18.0 Å². The molecule has 0 N–H and O–H groups in total. The highest BCUT2D eigenvalue weighted by Gasteiger charge is 2.31. The van der Waals surface area contributed by atoms with Gasteiger partial charge < -0.3 is 4.90 Å². The Kier molecular flexibility index (Phi) is 2.85. The predicted molar refractivity (Wildman–Crippen MR) is 56.4 cm³/mol. The number of rotatable bonds is 1. The standard InChI is InChI=1S/C12H12F3NO/c1-16-7-9(6-11(16)17)8-2-4-10(5-3-8)12(13,14)15/h2-5,9H,6-7H2,1H3/t9-/m0/s1. The van der Waals surface area contributed by atoms with Crippen LogP contribution >= 0.6 is 0 Å². The summed E-state index contributed by atoms with van der Waals surface area (Å²) in [6.45, 7) is 0.574. The number of benzene rings is 1. The SMILES string of the molecule is CN1C[C@@H](c2ccc(C(F)(F)F)cc2)CC1=O. The van der Waals surface area contributed by atoms with Crippen molar-refractivity contribution in [1.82, 2.24) is 4.90 Å². The fraction of sp³-hybridized carbons (Fsp3) is 0.417. The molecule has 1 aromatic carbocycles. The van der Waals surface area contributed by atoms with E-state index in [1.807, 2.05) is 0 Å². The van der Waals surface area contributed by atoms with E-state index >= 15 is 0 Å². The van der Waals surface area contributed by atoms with Gasteiger partial charge in [-0.1, -0.05) is 12.1 Å². The first-order chi connectivity index (χ1) is 7.88. The van der Waals surface area contributed by atoms with Crippen LogP contribution in [0.4, 0.5) is 13.2 Å². The largest absolute Gasteiger partial charge is 0.416 e. The second-order valence-electron chi connectivity index (χ2n) is 4.30. The third-order valence-electron chi connectivity index (χ3n) is 3.05. The van der Waals surface area contributed by atoms with Gasteiger partial charge in [0.25, 0.3) is 0 Å². The summed E-state index contributed by atoms with van der Waals surface area (Å²) in [4.78, 5) is 12.9. The molecule has 1 fully saturated rings. The highest BCUT2D eigenvalue weighted by molar-refractivity contribution is 5.79. The highest BCUT2D eigenvalue weighted by Crippen LogP contribution is 2.32. The molecule has 0 radical (unpaired) electrons. The molecule has 1 amide bonds. The van der Waals surface area contributed by atoms with Crippen LogP contribution in [0.15, 0.2) is 24.3 Å². The molecule has 2 nitrogen and oxygen atoms in total. The summed E-state index contributed by atoms with van der Waals surface area (Å²) >= 11 is 0. The van der Waals surface area contributed by atoms with Crippen molar-refractivity contribution in [1.29, 1.82) is 0 Å². The highest BCUT2D eigenvalue weighted by atomic mass is 19.4. The van der Waals surface area contributed by atoms with E-state index < -0.39 is 11.7 Å². The number of amides is 1. The molecule has 2 rings (SSSR count). The Morgan fingerprint density at radius 1 is 1.24 bits per heavy atom. The third-order valence-corrected chi connectivity index (χ3v) is 3.05. The van der Waals surface area contributed by atoms with Crippen LogP contribution in [-0.4, -0.2) is 24.4 Å². The van der Waals surface area contributed by atoms with Crippen molar-refractivity contribution in [2.24, 2.45) is 0 Å². The van der Waals surface area contributed by atoms with E-state index in [0.29, 0.717) is 13.0 Å². The molecule has 1 aromatic rings. The van der Waals surface area contributed by atoms with E-state index in [0.717, 1.165) is 17.7 Å². The summed E-state index contributed by atoms with van der Waals surface area (Å²) < 4.78 is 37.1. The maximum atomic E-state index is 12.4. The van der Waals surface area contributed by atoms with Gasteiger partial charge in [-0.15, -0.1) is 0 Å². The molecule has 0 bridgehead atoms. The summed E-state index contributed by atoms with van der Waals surface area (Å²) in [5.74, 6) is 0.0460. The van der Waals surface area contributed by atoms with Crippen molar-refractivity contribution < 1.29 is 18.0 Å². The van der Waals surface area contributed by atoms with Crippen molar-refractivity contribution in [2.75, 3.05) is 13.6 Å². The minimum Gasteiger partial charge on any atom is -0.345 e. The summed E-state index contributed by atoms with van der Waals surface area (Å²) in [6.07, 6.45) is -3.93. The van der Waals surface area contributed by atoms with Crippen LogP contribution < -0.4 is 0 Å². The Morgan fingerprint density at radius 3 is 2.24 bits per heavy atom. The number of likely N-dealkylation sites (N-methyl/N-ethyl adjacent to an activating group) is 1. The van der Waals surface area contributed by atoms with Crippen LogP contribution in [0.5, 0.6) is 0 Å². The lowest BCUT2D eigenvalue weighted by atomic mass is 9.97. The molecule has 1 heterocycles. The molecule has 1 aliphatic rings. The van der Waals surface area contributed by atoms with E-state index in [1.54, 1.807) is 11.9 Å². The number of likely N-dealkylation sites (tertiary alicyclic amines) is 1. The lowest BCUT2D eigenvalue weighted by Crippen LogP contribution is -2.18. The van der Waals surface area contributed by atoms with Gasteiger partial charge in [0.1, 0.15) is 0 Å². The van der Waals surface area contributed by atoms with Gasteiger partial charge in [-0.05, 0) is 17.7 Å². The molecular formula is C12H12F3NO. The molecule has 0 unspecified atom stereocenters. The fourth-order valence-electron chi connectivity index (χ4n) is 2.03.